The highest BCUT2D eigenvalue weighted by Crippen LogP contribution is 2.31. The highest BCUT2D eigenvalue weighted by Gasteiger charge is 2.19. The van der Waals surface area contributed by atoms with E-state index >= 15 is 0 Å². The fourth-order valence-electron chi connectivity index (χ4n) is 4.28. The predicted octanol–water partition coefficient (Wildman–Crippen LogP) is 3.49. The quantitative estimate of drug-likeness (QED) is 0.426. The monoisotopic (exact) mass is 439 g/mol. The number of fused-ring (bicyclic) bond motifs is 4. The van der Waals surface area contributed by atoms with Gasteiger partial charge in [0.25, 0.3) is 5.56 Å². The molecule has 0 unspecified atom stereocenters. The summed E-state index contributed by atoms with van der Waals surface area (Å²) in [5.41, 5.74) is 5.20. The third kappa shape index (κ3) is 3.22. The zero-order valence-corrected chi connectivity index (χ0v) is 18.1. The Bertz CT molecular complexity index is 1560. The molecule has 33 heavy (non-hydrogen) atoms. The molecule has 8 nitrogen and oxygen atoms in total. The Kier molecular flexibility index (Phi) is 4.57. The lowest BCUT2D eigenvalue weighted by molar-refractivity contribution is 0.171. The minimum absolute atomic E-state index is 0.216. The molecule has 0 radical (unpaired) electrons. The summed E-state index contributed by atoms with van der Waals surface area (Å²) in [6, 6.07) is 17.6. The molecule has 0 fully saturated rings. The first-order valence-electron chi connectivity index (χ1n) is 10.9. The molecule has 1 aliphatic rings. The van der Waals surface area contributed by atoms with Crippen LogP contribution < -0.4 is 15.0 Å². The van der Waals surface area contributed by atoms with Crippen LogP contribution >= 0.6 is 0 Å². The molecule has 2 aromatic carbocycles. The molecule has 0 aliphatic carbocycles. The lowest BCUT2D eigenvalue weighted by Gasteiger charge is -2.19. The molecule has 0 bridgehead atoms. The largest absolute Gasteiger partial charge is 0.486 e. The minimum Gasteiger partial charge on any atom is -0.486 e. The van der Waals surface area contributed by atoms with Gasteiger partial charge in [0.15, 0.2) is 22.7 Å². The Morgan fingerprint density at radius 3 is 2.61 bits per heavy atom. The number of ether oxygens (including phenoxy) is 2. The Morgan fingerprint density at radius 2 is 1.79 bits per heavy atom. The van der Waals surface area contributed by atoms with E-state index in [0.29, 0.717) is 36.7 Å². The SMILES string of the molecule is CCc1nn2c(nnc3c(=O)n(Cc4ccc5c(c4)OCCO5)ccc32)c1-c1ccccc1. The number of hydrogen-bond acceptors (Lipinski definition) is 6. The van der Waals surface area contributed by atoms with Gasteiger partial charge >= 0.3 is 0 Å². The van der Waals surface area contributed by atoms with Gasteiger partial charge in [-0.3, -0.25) is 4.79 Å². The molecule has 3 aromatic heterocycles. The molecule has 164 valence electrons. The van der Waals surface area contributed by atoms with Crippen LogP contribution in [-0.2, 0) is 13.0 Å². The number of benzene rings is 2. The Morgan fingerprint density at radius 1 is 0.970 bits per heavy atom. The van der Waals surface area contributed by atoms with Crippen LogP contribution in [0, 0.1) is 0 Å². The molecule has 0 N–H and O–H groups in total. The molecule has 0 saturated carbocycles. The molecule has 0 spiro atoms. The Labute approximate surface area is 189 Å². The Balaban J connectivity index is 1.45. The summed E-state index contributed by atoms with van der Waals surface area (Å²) < 4.78 is 14.6. The van der Waals surface area contributed by atoms with Crippen molar-refractivity contribution in [2.45, 2.75) is 19.9 Å². The molecule has 5 aromatic rings. The van der Waals surface area contributed by atoms with Crippen LogP contribution in [0.4, 0.5) is 0 Å². The molecular weight excluding hydrogens is 418 g/mol. The number of nitrogens with zero attached hydrogens (tertiary/aromatic N) is 5. The van der Waals surface area contributed by atoms with E-state index in [9.17, 15) is 4.79 Å². The van der Waals surface area contributed by atoms with Crippen LogP contribution in [0.1, 0.15) is 18.2 Å². The van der Waals surface area contributed by atoms with Crippen molar-refractivity contribution in [1.82, 2.24) is 24.4 Å². The number of aromatic nitrogens is 5. The number of aryl methyl sites for hydroxylation is 1. The zero-order chi connectivity index (χ0) is 22.4. The zero-order valence-electron chi connectivity index (χ0n) is 18.1. The standard InChI is InChI=1S/C25H21N5O3/c1-2-18-22(17-6-4-3-5-7-17)24-27-26-23-19(30(24)28-18)10-11-29(25(23)31)15-16-8-9-20-21(14-16)33-13-12-32-20/h3-11,14H,2,12-13,15H2,1H3. The summed E-state index contributed by atoms with van der Waals surface area (Å²) in [6.07, 6.45) is 2.52. The van der Waals surface area contributed by atoms with E-state index in [0.717, 1.165) is 34.6 Å². The maximum atomic E-state index is 13.3. The van der Waals surface area contributed by atoms with Crippen LogP contribution in [0.3, 0.4) is 0 Å². The summed E-state index contributed by atoms with van der Waals surface area (Å²) in [5.74, 6) is 1.43. The average molecular weight is 439 g/mol. The topological polar surface area (TPSA) is 83.5 Å². The van der Waals surface area contributed by atoms with Crippen molar-refractivity contribution >= 4 is 16.7 Å². The van der Waals surface area contributed by atoms with Crippen molar-refractivity contribution in [1.29, 1.82) is 0 Å². The van der Waals surface area contributed by atoms with Crippen LogP contribution in [0.2, 0.25) is 0 Å². The van der Waals surface area contributed by atoms with Crippen molar-refractivity contribution in [3.05, 3.63) is 82.4 Å². The summed E-state index contributed by atoms with van der Waals surface area (Å²) in [4.78, 5) is 13.3. The molecular formula is C25H21N5O3. The summed E-state index contributed by atoms with van der Waals surface area (Å²) in [5, 5.41) is 13.5. The van der Waals surface area contributed by atoms with Gasteiger partial charge in [0.1, 0.15) is 18.7 Å². The van der Waals surface area contributed by atoms with E-state index in [4.69, 9.17) is 14.6 Å². The second kappa shape index (κ2) is 7.74. The van der Waals surface area contributed by atoms with Crippen LogP contribution in [0.25, 0.3) is 27.8 Å². The summed E-state index contributed by atoms with van der Waals surface area (Å²) >= 11 is 0. The lowest BCUT2D eigenvalue weighted by Crippen LogP contribution is -2.22. The predicted molar refractivity (Wildman–Crippen MR) is 124 cm³/mol. The minimum atomic E-state index is -0.216. The smallest absolute Gasteiger partial charge is 0.280 e. The maximum absolute atomic E-state index is 13.3. The van der Waals surface area contributed by atoms with Crippen LogP contribution in [0.15, 0.2) is 65.6 Å². The van der Waals surface area contributed by atoms with Crippen molar-refractivity contribution in [2.75, 3.05) is 13.2 Å². The van der Waals surface area contributed by atoms with E-state index in [1.54, 1.807) is 15.3 Å². The fraction of sp³-hybridized carbons (Fsp3) is 0.200. The molecule has 8 heteroatoms. The van der Waals surface area contributed by atoms with Gasteiger partial charge in [-0.1, -0.05) is 43.3 Å². The van der Waals surface area contributed by atoms with Gasteiger partial charge in [0.05, 0.1) is 17.8 Å². The molecule has 1 aliphatic heterocycles. The second-order valence-corrected chi connectivity index (χ2v) is 7.94. The fourth-order valence-corrected chi connectivity index (χ4v) is 4.28. The highest BCUT2D eigenvalue weighted by atomic mass is 16.6. The third-order valence-corrected chi connectivity index (χ3v) is 5.88. The molecule has 6 rings (SSSR count). The summed E-state index contributed by atoms with van der Waals surface area (Å²) in [6.45, 7) is 3.51. The molecule has 0 saturated heterocycles. The number of rotatable bonds is 4. The van der Waals surface area contributed by atoms with Crippen molar-refractivity contribution in [2.24, 2.45) is 0 Å². The summed E-state index contributed by atoms with van der Waals surface area (Å²) in [7, 11) is 0. The van der Waals surface area contributed by atoms with Gasteiger partial charge in [-0.2, -0.15) is 5.10 Å². The molecule has 0 atom stereocenters. The van der Waals surface area contributed by atoms with Gasteiger partial charge in [-0.15, -0.1) is 10.2 Å². The lowest BCUT2D eigenvalue weighted by atomic mass is 10.0. The average Bonchev–Trinajstić information content (AvgIpc) is 3.25. The Hall–Kier alpha value is -4.20. The van der Waals surface area contributed by atoms with E-state index in [1.165, 1.54) is 0 Å². The van der Waals surface area contributed by atoms with Crippen molar-refractivity contribution in [3.63, 3.8) is 0 Å². The number of pyridine rings is 1. The van der Waals surface area contributed by atoms with Crippen LogP contribution in [0.5, 0.6) is 11.5 Å². The van der Waals surface area contributed by atoms with E-state index in [-0.39, 0.29) is 11.1 Å². The first-order chi connectivity index (χ1) is 16.2. The van der Waals surface area contributed by atoms with Crippen molar-refractivity contribution in [3.8, 4) is 22.6 Å². The van der Waals surface area contributed by atoms with Gasteiger partial charge < -0.3 is 14.0 Å². The first-order valence-corrected chi connectivity index (χ1v) is 10.9. The second-order valence-electron chi connectivity index (χ2n) is 7.94. The van der Waals surface area contributed by atoms with Crippen LogP contribution in [-0.4, -0.2) is 37.6 Å². The van der Waals surface area contributed by atoms with Gasteiger partial charge in [-0.25, -0.2) is 4.52 Å². The van der Waals surface area contributed by atoms with Gasteiger partial charge in [0, 0.05) is 6.20 Å². The van der Waals surface area contributed by atoms with E-state index in [1.807, 2.05) is 54.6 Å². The highest BCUT2D eigenvalue weighted by molar-refractivity contribution is 5.84. The van der Waals surface area contributed by atoms with E-state index < -0.39 is 0 Å². The molecule has 0 amide bonds. The first kappa shape index (κ1) is 19.5. The normalized spacial score (nSPS) is 13.0. The van der Waals surface area contributed by atoms with Gasteiger partial charge in [-0.05, 0) is 35.7 Å². The molecule has 4 heterocycles. The van der Waals surface area contributed by atoms with Crippen molar-refractivity contribution < 1.29 is 9.47 Å². The van der Waals surface area contributed by atoms with Gasteiger partial charge in [0.2, 0.25) is 0 Å². The van der Waals surface area contributed by atoms with E-state index in [2.05, 4.69) is 17.1 Å². The number of hydrogen-bond donors (Lipinski definition) is 0. The maximum Gasteiger partial charge on any atom is 0.280 e. The third-order valence-electron chi connectivity index (χ3n) is 5.88.